The van der Waals surface area contributed by atoms with Gasteiger partial charge in [0.25, 0.3) is 0 Å². The molecule has 1 aliphatic carbocycles. The smallest absolute Gasteiger partial charge is 0.187 e. The molecule has 0 radical (unpaired) electrons. The predicted molar refractivity (Wildman–Crippen MR) is 59.8 cm³/mol. The summed E-state index contributed by atoms with van der Waals surface area (Å²) in [6.45, 7) is 0. The number of benzene rings is 1. The van der Waals surface area contributed by atoms with Crippen molar-refractivity contribution in [1.82, 2.24) is 0 Å². The first-order valence-electron chi connectivity index (χ1n) is 4.76. The lowest BCUT2D eigenvalue weighted by Crippen LogP contribution is -2.26. The van der Waals surface area contributed by atoms with E-state index in [1.807, 2.05) is 24.3 Å². The summed E-state index contributed by atoms with van der Waals surface area (Å²) in [6.07, 6.45) is 5.00. The second kappa shape index (κ2) is 3.53. The van der Waals surface area contributed by atoms with Crippen LogP contribution in [-0.2, 0) is 0 Å². The Morgan fingerprint density at radius 3 is 2.60 bits per heavy atom. The largest absolute Gasteiger partial charge is 0.398 e. The fourth-order valence-corrected chi connectivity index (χ4v) is 1.69. The Kier molecular flexibility index (Phi) is 2.34. The van der Waals surface area contributed by atoms with Crippen molar-refractivity contribution in [2.24, 2.45) is 0 Å². The lowest BCUT2D eigenvalue weighted by Gasteiger charge is -2.23. The van der Waals surface area contributed by atoms with Gasteiger partial charge < -0.3 is 15.9 Å². The van der Waals surface area contributed by atoms with Crippen LogP contribution < -0.4 is 5.73 Å². The minimum atomic E-state index is -1.76. The van der Waals surface area contributed by atoms with Crippen LogP contribution in [0.2, 0.25) is 0 Å². The molecule has 78 valence electrons. The number of nitrogens with two attached hydrogens (primary N) is 1. The minimum absolute atomic E-state index is 0.164. The van der Waals surface area contributed by atoms with Crippen LogP contribution in [0.5, 0.6) is 0 Å². The molecule has 0 atom stereocenters. The lowest BCUT2D eigenvalue weighted by atomic mass is 9.93. The summed E-state index contributed by atoms with van der Waals surface area (Å²) in [7, 11) is 0. The Bertz CT molecular complexity index is 433. The van der Waals surface area contributed by atoms with E-state index in [9.17, 15) is 10.2 Å². The molecule has 15 heavy (non-hydrogen) atoms. The highest BCUT2D eigenvalue weighted by atomic mass is 16.5. The van der Waals surface area contributed by atoms with Gasteiger partial charge in [-0.25, -0.2) is 0 Å². The Hall–Kier alpha value is -1.58. The van der Waals surface area contributed by atoms with E-state index in [0.717, 1.165) is 11.1 Å². The standard InChI is InChI=1S/C12H13NO2/c13-11-6-2-1-5-10(11)9-4-3-7-12(14,15)8-9/h1-7,14-15H,8,13H2. The fraction of sp³-hybridized carbons (Fsp3) is 0.167. The van der Waals surface area contributed by atoms with Crippen LogP contribution in [-0.4, -0.2) is 16.0 Å². The molecule has 0 fully saturated rings. The summed E-state index contributed by atoms with van der Waals surface area (Å²) in [5.41, 5.74) is 8.15. The van der Waals surface area contributed by atoms with Crippen LogP contribution in [0.3, 0.4) is 0 Å². The van der Waals surface area contributed by atoms with Gasteiger partial charge in [-0.2, -0.15) is 0 Å². The molecule has 0 unspecified atom stereocenters. The third-order valence-electron chi connectivity index (χ3n) is 2.42. The summed E-state index contributed by atoms with van der Waals surface area (Å²) >= 11 is 0. The van der Waals surface area contributed by atoms with E-state index in [1.54, 1.807) is 12.1 Å². The fourth-order valence-electron chi connectivity index (χ4n) is 1.69. The van der Waals surface area contributed by atoms with Gasteiger partial charge in [-0.1, -0.05) is 30.4 Å². The monoisotopic (exact) mass is 203 g/mol. The molecule has 0 saturated carbocycles. The maximum absolute atomic E-state index is 9.48. The SMILES string of the molecule is Nc1ccccc1C1=CC=CC(O)(O)C1. The van der Waals surface area contributed by atoms with Gasteiger partial charge in [0.15, 0.2) is 5.79 Å². The van der Waals surface area contributed by atoms with E-state index in [-0.39, 0.29) is 6.42 Å². The van der Waals surface area contributed by atoms with E-state index in [2.05, 4.69) is 0 Å². The van der Waals surface area contributed by atoms with E-state index >= 15 is 0 Å². The van der Waals surface area contributed by atoms with Crippen molar-refractivity contribution in [2.75, 3.05) is 5.73 Å². The molecule has 0 aliphatic heterocycles. The molecule has 0 spiro atoms. The Labute approximate surface area is 88.2 Å². The van der Waals surface area contributed by atoms with Gasteiger partial charge >= 0.3 is 0 Å². The average Bonchev–Trinajstić information content (AvgIpc) is 2.17. The van der Waals surface area contributed by atoms with Gasteiger partial charge in [-0.05, 0) is 17.7 Å². The molecule has 0 aromatic heterocycles. The van der Waals surface area contributed by atoms with Crippen LogP contribution >= 0.6 is 0 Å². The van der Waals surface area contributed by atoms with Crippen LogP contribution in [0.15, 0.2) is 42.5 Å². The first kappa shape index (κ1) is 9.96. The zero-order chi connectivity index (χ0) is 10.9. The van der Waals surface area contributed by atoms with E-state index in [0.29, 0.717) is 5.69 Å². The number of rotatable bonds is 1. The second-order valence-electron chi connectivity index (χ2n) is 3.69. The molecule has 4 N–H and O–H groups in total. The quantitative estimate of drug-likeness (QED) is 0.476. The van der Waals surface area contributed by atoms with Crippen molar-refractivity contribution in [3.63, 3.8) is 0 Å². The first-order chi connectivity index (χ1) is 7.08. The molecule has 1 aliphatic rings. The third kappa shape index (κ3) is 2.09. The molecule has 0 heterocycles. The molecule has 3 nitrogen and oxygen atoms in total. The molecule has 1 aromatic carbocycles. The van der Waals surface area contributed by atoms with E-state index < -0.39 is 5.79 Å². The molecular weight excluding hydrogens is 190 g/mol. The van der Waals surface area contributed by atoms with Crippen LogP contribution in [0.4, 0.5) is 5.69 Å². The van der Waals surface area contributed by atoms with Gasteiger partial charge in [0.1, 0.15) is 0 Å². The highest BCUT2D eigenvalue weighted by Gasteiger charge is 2.24. The number of anilines is 1. The van der Waals surface area contributed by atoms with Crippen molar-refractivity contribution in [3.8, 4) is 0 Å². The Morgan fingerprint density at radius 1 is 1.20 bits per heavy atom. The number of allylic oxidation sites excluding steroid dienone is 2. The summed E-state index contributed by atoms with van der Waals surface area (Å²) in [4.78, 5) is 0. The van der Waals surface area contributed by atoms with Gasteiger partial charge in [0.2, 0.25) is 0 Å². The molecule has 3 heteroatoms. The molecule has 2 rings (SSSR count). The van der Waals surface area contributed by atoms with Gasteiger partial charge in [0, 0.05) is 17.7 Å². The molecule has 0 bridgehead atoms. The zero-order valence-corrected chi connectivity index (χ0v) is 8.22. The minimum Gasteiger partial charge on any atom is -0.398 e. The van der Waals surface area contributed by atoms with Crippen molar-refractivity contribution in [3.05, 3.63) is 48.1 Å². The summed E-state index contributed by atoms with van der Waals surface area (Å²) in [6, 6.07) is 7.39. The lowest BCUT2D eigenvalue weighted by molar-refractivity contribution is -0.113. The van der Waals surface area contributed by atoms with Gasteiger partial charge in [0.05, 0.1) is 0 Å². The molecule has 0 saturated heterocycles. The van der Waals surface area contributed by atoms with Crippen LogP contribution in [0.1, 0.15) is 12.0 Å². The van der Waals surface area contributed by atoms with Crippen molar-refractivity contribution in [2.45, 2.75) is 12.2 Å². The van der Waals surface area contributed by atoms with E-state index in [1.165, 1.54) is 6.08 Å². The molecule has 1 aromatic rings. The highest BCUT2D eigenvalue weighted by molar-refractivity contribution is 5.77. The van der Waals surface area contributed by atoms with Crippen molar-refractivity contribution in [1.29, 1.82) is 0 Å². The van der Waals surface area contributed by atoms with Crippen molar-refractivity contribution < 1.29 is 10.2 Å². The maximum atomic E-state index is 9.48. The molecule has 0 amide bonds. The van der Waals surface area contributed by atoms with Crippen LogP contribution in [0.25, 0.3) is 5.57 Å². The van der Waals surface area contributed by atoms with E-state index in [4.69, 9.17) is 5.73 Å². The molecular formula is C12H13NO2. The topological polar surface area (TPSA) is 66.5 Å². The summed E-state index contributed by atoms with van der Waals surface area (Å²) < 4.78 is 0. The Balaban J connectivity index is 2.38. The normalized spacial score (nSPS) is 18.7. The number of aliphatic hydroxyl groups is 2. The number of hydrogen-bond donors (Lipinski definition) is 3. The number of nitrogen functional groups attached to an aromatic ring is 1. The van der Waals surface area contributed by atoms with Gasteiger partial charge in [-0.3, -0.25) is 0 Å². The zero-order valence-electron chi connectivity index (χ0n) is 8.22. The summed E-state index contributed by atoms with van der Waals surface area (Å²) in [5.74, 6) is -1.76. The maximum Gasteiger partial charge on any atom is 0.187 e. The number of para-hydroxylation sites is 1. The first-order valence-corrected chi connectivity index (χ1v) is 4.76. The predicted octanol–water partition coefficient (Wildman–Crippen LogP) is 1.29. The summed E-state index contributed by atoms with van der Waals surface area (Å²) in [5, 5.41) is 19.0. The number of hydrogen-bond acceptors (Lipinski definition) is 3. The van der Waals surface area contributed by atoms with Crippen LogP contribution in [0, 0.1) is 0 Å². The third-order valence-corrected chi connectivity index (χ3v) is 2.42. The second-order valence-corrected chi connectivity index (χ2v) is 3.69. The highest BCUT2D eigenvalue weighted by Crippen LogP contribution is 2.31. The van der Waals surface area contributed by atoms with Crippen molar-refractivity contribution >= 4 is 11.3 Å². The van der Waals surface area contributed by atoms with Gasteiger partial charge in [-0.15, -0.1) is 0 Å². The average molecular weight is 203 g/mol. The Morgan fingerprint density at radius 2 is 1.93 bits per heavy atom.